The number of H-pyrrole nitrogens is 1. The Bertz CT molecular complexity index is 784. The van der Waals surface area contributed by atoms with Gasteiger partial charge in [-0.2, -0.15) is 5.10 Å². The van der Waals surface area contributed by atoms with Gasteiger partial charge in [-0.1, -0.05) is 0 Å². The predicted octanol–water partition coefficient (Wildman–Crippen LogP) is 2.04. The first kappa shape index (κ1) is 17.0. The van der Waals surface area contributed by atoms with E-state index < -0.39 is 0 Å². The van der Waals surface area contributed by atoms with Crippen LogP contribution in [0.5, 0.6) is 5.75 Å². The molecule has 1 atom stereocenters. The molecule has 1 saturated heterocycles. The molecule has 1 saturated carbocycles. The van der Waals surface area contributed by atoms with Gasteiger partial charge < -0.3 is 14.5 Å². The van der Waals surface area contributed by atoms with E-state index in [4.69, 9.17) is 4.74 Å². The van der Waals surface area contributed by atoms with Gasteiger partial charge in [-0.05, 0) is 39.1 Å². The third-order valence-corrected chi connectivity index (χ3v) is 4.84. The summed E-state index contributed by atoms with van der Waals surface area (Å²) in [7, 11) is 4.03. The Labute approximate surface area is 153 Å². The molecule has 3 heterocycles. The summed E-state index contributed by atoms with van der Waals surface area (Å²) in [5, 5.41) is 7.21. The highest BCUT2D eigenvalue weighted by molar-refractivity contribution is 5.92. The molecule has 26 heavy (non-hydrogen) atoms. The largest absolute Gasteiger partial charge is 0.488 e. The topological polar surface area (TPSA) is 74.3 Å². The van der Waals surface area contributed by atoms with Crippen LogP contribution in [0, 0.1) is 0 Å². The van der Waals surface area contributed by atoms with Gasteiger partial charge in [-0.15, -0.1) is 0 Å². The standard InChI is InChI=1S/C19H25N5O2/c1-23(2)11-14-9-15(5-7-20-14)26-16-6-8-24(12-16)19(25)18-10-17(21-22-18)13-3-4-13/h5,7,9-10,13,16H,3-4,6,8,11-12H2,1-2H3,(H,21,22). The summed E-state index contributed by atoms with van der Waals surface area (Å²) >= 11 is 0. The van der Waals surface area contributed by atoms with Gasteiger partial charge >= 0.3 is 0 Å². The Balaban J connectivity index is 1.35. The molecule has 2 aliphatic rings. The first-order valence-electron chi connectivity index (χ1n) is 9.19. The minimum Gasteiger partial charge on any atom is -0.488 e. The van der Waals surface area contributed by atoms with Crippen molar-refractivity contribution in [3.05, 3.63) is 41.5 Å². The number of hydrogen-bond donors (Lipinski definition) is 1. The lowest BCUT2D eigenvalue weighted by Crippen LogP contribution is -2.31. The second kappa shape index (κ2) is 7.07. The lowest BCUT2D eigenvalue weighted by Gasteiger charge is -2.17. The molecule has 2 fully saturated rings. The summed E-state index contributed by atoms with van der Waals surface area (Å²) < 4.78 is 6.09. The number of ether oxygens (including phenoxy) is 1. The maximum Gasteiger partial charge on any atom is 0.274 e. The van der Waals surface area contributed by atoms with Gasteiger partial charge in [0, 0.05) is 43.4 Å². The molecular weight excluding hydrogens is 330 g/mol. The van der Waals surface area contributed by atoms with Crippen molar-refractivity contribution >= 4 is 5.91 Å². The van der Waals surface area contributed by atoms with E-state index in [0.717, 1.165) is 30.1 Å². The number of amides is 1. The van der Waals surface area contributed by atoms with Crippen molar-refractivity contribution in [3.63, 3.8) is 0 Å². The molecule has 0 aromatic carbocycles. The van der Waals surface area contributed by atoms with Crippen LogP contribution in [0.1, 0.15) is 47.1 Å². The van der Waals surface area contributed by atoms with Crippen LogP contribution in [0.2, 0.25) is 0 Å². The lowest BCUT2D eigenvalue weighted by atomic mass is 10.2. The number of aromatic nitrogens is 3. The minimum atomic E-state index is -0.0118. The minimum absolute atomic E-state index is 0.00963. The molecule has 1 aliphatic carbocycles. The lowest BCUT2D eigenvalue weighted by molar-refractivity contribution is 0.0766. The fraction of sp³-hybridized carbons (Fsp3) is 0.526. The van der Waals surface area contributed by atoms with Crippen LogP contribution in [0.4, 0.5) is 0 Å². The van der Waals surface area contributed by atoms with Crippen molar-refractivity contribution in [1.29, 1.82) is 0 Å². The number of nitrogens with zero attached hydrogens (tertiary/aromatic N) is 4. The second-order valence-corrected chi connectivity index (χ2v) is 7.48. The number of carbonyl (C=O) groups excluding carboxylic acids is 1. The number of aromatic amines is 1. The van der Waals surface area contributed by atoms with Crippen LogP contribution >= 0.6 is 0 Å². The average Bonchev–Trinajstić information content (AvgIpc) is 3.16. The van der Waals surface area contributed by atoms with Crippen LogP contribution in [0.3, 0.4) is 0 Å². The number of nitrogens with one attached hydrogen (secondary N) is 1. The number of rotatable bonds is 6. The highest BCUT2D eigenvalue weighted by atomic mass is 16.5. The molecular formula is C19H25N5O2. The fourth-order valence-corrected chi connectivity index (χ4v) is 3.35. The Kier molecular flexibility index (Phi) is 4.63. The van der Waals surface area contributed by atoms with Gasteiger partial charge in [0.05, 0.1) is 12.2 Å². The zero-order valence-corrected chi connectivity index (χ0v) is 15.3. The van der Waals surface area contributed by atoms with Gasteiger partial charge in [0.15, 0.2) is 0 Å². The summed E-state index contributed by atoms with van der Waals surface area (Å²) in [5.41, 5.74) is 2.58. The summed E-state index contributed by atoms with van der Waals surface area (Å²) in [4.78, 5) is 20.9. The molecule has 4 rings (SSSR count). The van der Waals surface area contributed by atoms with Crippen molar-refractivity contribution in [2.24, 2.45) is 0 Å². The summed E-state index contributed by atoms with van der Waals surface area (Å²) in [6.07, 6.45) is 5.00. The molecule has 0 spiro atoms. The first-order valence-corrected chi connectivity index (χ1v) is 9.19. The summed E-state index contributed by atoms with van der Waals surface area (Å²) in [6.45, 7) is 2.06. The van der Waals surface area contributed by atoms with Crippen molar-refractivity contribution in [2.75, 3.05) is 27.2 Å². The van der Waals surface area contributed by atoms with Crippen molar-refractivity contribution < 1.29 is 9.53 Å². The average molecular weight is 355 g/mol. The van der Waals surface area contributed by atoms with Gasteiger partial charge in [0.25, 0.3) is 5.91 Å². The number of hydrogen-bond acceptors (Lipinski definition) is 5. The molecule has 1 aliphatic heterocycles. The number of carbonyl (C=O) groups is 1. The maximum absolute atomic E-state index is 12.6. The zero-order valence-electron chi connectivity index (χ0n) is 15.3. The molecule has 2 aromatic rings. The van der Waals surface area contributed by atoms with Gasteiger partial charge in [0.2, 0.25) is 0 Å². The first-order chi connectivity index (χ1) is 12.6. The van der Waals surface area contributed by atoms with E-state index in [1.807, 2.05) is 37.2 Å². The second-order valence-electron chi connectivity index (χ2n) is 7.48. The van der Waals surface area contributed by atoms with Gasteiger partial charge in [-0.3, -0.25) is 14.9 Å². The van der Waals surface area contributed by atoms with E-state index >= 15 is 0 Å². The maximum atomic E-state index is 12.6. The Morgan fingerprint density at radius 2 is 2.19 bits per heavy atom. The molecule has 138 valence electrons. The fourth-order valence-electron chi connectivity index (χ4n) is 3.35. The third-order valence-electron chi connectivity index (χ3n) is 4.84. The highest BCUT2D eigenvalue weighted by Gasteiger charge is 2.31. The van der Waals surface area contributed by atoms with E-state index in [1.165, 1.54) is 12.8 Å². The zero-order chi connectivity index (χ0) is 18.1. The van der Waals surface area contributed by atoms with E-state index in [2.05, 4.69) is 20.1 Å². The van der Waals surface area contributed by atoms with Crippen molar-refractivity contribution in [2.45, 2.75) is 37.8 Å². The third kappa shape index (κ3) is 3.88. The van der Waals surface area contributed by atoms with Crippen LogP contribution in [-0.4, -0.2) is 64.2 Å². The van der Waals surface area contributed by atoms with Crippen molar-refractivity contribution in [3.8, 4) is 5.75 Å². The molecule has 7 heteroatoms. The monoisotopic (exact) mass is 355 g/mol. The van der Waals surface area contributed by atoms with Crippen LogP contribution in [0.15, 0.2) is 24.4 Å². The SMILES string of the molecule is CN(C)Cc1cc(OC2CCN(C(=O)c3cc(C4CC4)[nH]n3)C2)ccn1. The Morgan fingerprint density at radius 1 is 1.35 bits per heavy atom. The highest BCUT2D eigenvalue weighted by Crippen LogP contribution is 2.39. The smallest absolute Gasteiger partial charge is 0.274 e. The Hall–Kier alpha value is -2.41. The van der Waals surface area contributed by atoms with Gasteiger partial charge in [-0.25, -0.2) is 0 Å². The van der Waals surface area contributed by atoms with Crippen LogP contribution in [0.25, 0.3) is 0 Å². The van der Waals surface area contributed by atoms with E-state index in [9.17, 15) is 4.79 Å². The number of pyridine rings is 1. The molecule has 1 unspecified atom stereocenters. The molecule has 1 amide bonds. The van der Waals surface area contributed by atoms with E-state index in [1.54, 1.807) is 6.20 Å². The molecule has 2 aromatic heterocycles. The van der Waals surface area contributed by atoms with E-state index in [-0.39, 0.29) is 12.0 Å². The van der Waals surface area contributed by atoms with E-state index in [0.29, 0.717) is 24.7 Å². The van der Waals surface area contributed by atoms with Gasteiger partial charge in [0.1, 0.15) is 17.5 Å². The van der Waals surface area contributed by atoms with Crippen LogP contribution in [-0.2, 0) is 6.54 Å². The molecule has 7 nitrogen and oxygen atoms in total. The van der Waals surface area contributed by atoms with Crippen molar-refractivity contribution in [1.82, 2.24) is 25.0 Å². The normalized spacial score (nSPS) is 20.0. The molecule has 1 N–H and O–H groups in total. The Morgan fingerprint density at radius 3 is 2.96 bits per heavy atom. The number of likely N-dealkylation sites (tertiary alicyclic amines) is 1. The van der Waals surface area contributed by atoms with Crippen LogP contribution < -0.4 is 4.74 Å². The quantitative estimate of drug-likeness (QED) is 0.858. The molecule has 0 bridgehead atoms. The summed E-state index contributed by atoms with van der Waals surface area (Å²) in [6, 6.07) is 5.75. The molecule has 0 radical (unpaired) electrons. The predicted molar refractivity (Wildman–Crippen MR) is 97.1 cm³/mol. The summed E-state index contributed by atoms with van der Waals surface area (Å²) in [5.74, 6) is 1.37.